The number of H-pyrrole nitrogens is 1. The molecule has 4 rings (SSSR count). The second-order valence-corrected chi connectivity index (χ2v) is 7.69. The minimum Gasteiger partial charge on any atom is -0.497 e. The lowest BCUT2D eigenvalue weighted by molar-refractivity contribution is -0.192. The minimum absolute atomic E-state index is 0.0337. The quantitative estimate of drug-likeness (QED) is 0.280. The second kappa shape index (κ2) is 12.0. The summed E-state index contributed by atoms with van der Waals surface area (Å²) in [5.74, 6) is -2.21. The van der Waals surface area contributed by atoms with Gasteiger partial charge in [0, 0.05) is 36.8 Å². The van der Waals surface area contributed by atoms with Gasteiger partial charge in [-0.05, 0) is 42.3 Å². The molecule has 4 aromatic rings. The SMILES string of the molecule is COc1cccc(CNC(=O)c2cc3ccc(-c4cn[nH]c4)nc3n2CCCO)c1.O=C(O)C(F)(F)F. The highest BCUT2D eigenvalue weighted by Gasteiger charge is 2.38. The van der Waals surface area contributed by atoms with Gasteiger partial charge in [0.1, 0.15) is 17.1 Å². The van der Waals surface area contributed by atoms with E-state index in [0.717, 1.165) is 28.0 Å². The Balaban J connectivity index is 0.000000479. The Morgan fingerprint density at radius 3 is 2.57 bits per heavy atom. The zero-order valence-electron chi connectivity index (χ0n) is 19.6. The Hall–Kier alpha value is -4.39. The highest BCUT2D eigenvalue weighted by atomic mass is 19.4. The van der Waals surface area contributed by atoms with Crippen LogP contribution in [0.25, 0.3) is 22.3 Å². The molecule has 13 heteroatoms. The first-order chi connectivity index (χ1) is 17.6. The van der Waals surface area contributed by atoms with Crippen LogP contribution in [0.1, 0.15) is 22.5 Å². The van der Waals surface area contributed by atoms with E-state index in [0.29, 0.717) is 30.9 Å². The number of carboxylic acid groups (broad SMARTS) is 1. The number of methoxy groups -OCH3 is 1. The van der Waals surface area contributed by atoms with Gasteiger partial charge in [0.05, 0.1) is 19.0 Å². The number of carboxylic acids is 1. The largest absolute Gasteiger partial charge is 0.497 e. The first kappa shape index (κ1) is 27.2. The van der Waals surface area contributed by atoms with Gasteiger partial charge in [-0.15, -0.1) is 0 Å². The van der Waals surface area contributed by atoms with Crippen molar-refractivity contribution in [3.8, 4) is 17.0 Å². The van der Waals surface area contributed by atoms with Crippen LogP contribution in [0.4, 0.5) is 13.2 Å². The van der Waals surface area contributed by atoms with E-state index in [2.05, 4.69) is 15.5 Å². The molecule has 0 aliphatic heterocycles. The third-order valence-electron chi connectivity index (χ3n) is 5.14. The molecule has 0 unspecified atom stereocenters. The smallest absolute Gasteiger partial charge is 0.490 e. The van der Waals surface area contributed by atoms with Gasteiger partial charge >= 0.3 is 12.1 Å². The third kappa shape index (κ3) is 7.07. The molecule has 0 saturated heterocycles. The van der Waals surface area contributed by atoms with Gasteiger partial charge in [0.2, 0.25) is 0 Å². The van der Waals surface area contributed by atoms with Crippen LogP contribution in [0.5, 0.6) is 5.75 Å². The van der Waals surface area contributed by atoms with E-state index < -0.39 is 12.1 Å². The third-order valence-corrected chi connectivity index (χ3v) is 5.14. The number of nitrogens with one attached hydrogen (secondary N) is 2. The molecule has 3 heterocycles. The molecule has 0 aliphatic carbocycles. The molecule has 10 nitrogen and oxygen atoms in total. The van der Waals surface area contributed by atoms with Crippen molar-refractivity contribution < 1.29 is 37.7 Å². The van der Waals surface area contributed by atoms with Gasteiger partial charge in [-0.25, -0.2) is 9.78 Å². The fraction of sp³-hybridized carbons (Fsp3) is 0.250. The summed E-state index contributed by atoms with van der Waals surface area (Å²) in [7, 11) is 1.61. The Morgan fingerprint density at radius 2 is 1.95 bits per heavy atom. The van der Waals surface area contributed by atoms with Crippen LogP contribution in [0.3, 0.4) is 0 Å². The number of hydrogen-bond acceptors (Lipinski definition) is 6. The number of aromatic amines is 1. The van der Waals surface area contributed by atoms with E-state index in [4.69, 9.17) is 19.6 Å². The zero-order valence-corrected chi connectivity index (χ0v) is 19.6. The number of carbonyl (C=O) groups is 2. The van der Waals surface area contributed by atoms with Crippen molar-refractivity contribution in [1.29, 1.82) is 0 Å². The lowest BCUT2D eigenvalue weighted by atomic mass is 10.2. The van der Waals surface area contributed by atoms with Crippen LogP contribution < -0.4 is 10.1 Å². The van der Waals surface area contributed by atoms with E-state index in [1.807, 2.05) is 47.0 Å². The number of aliphatic hydroxyl groups is 1. The van der Waals surface area contributed by atoms with Crippen molar-refractivity contribution in [2.45, 2.75) is 25.7 Å². The number of rotatable bonds is 8. The number of pyridine rings is 1. The number of amides is 1. The summed E-state index contributed by atoms with van der Waals surface area (Å²) in [5, 5.41) is 27.0. The van der Waals surface area contributed by atoms with Gasteiger partial charge < -0.3 is 24.8 Å². The molecule has 0 fully saturated rings. The predicted molar refractivity (Wildman–Crippen MR) is 127 cm³/mol. The number of alkyl halides is 3. The summed E-state index contributed by atoms with van der Waals surface area (Å²) in [4.78, 5) is 26.6. The molecule has 3 aromatic heterocycles. The summed E-state index contributed by atoms with van der Waals surface area (Å²) < 4.78 is 38.8. The van der Waals surface area contributed by atoms with Crippen molar-refractivity contribution in [3.63, 3.8) is 0 Å². The summed E-state index contributed by atoms with van der Waals surface area (Å²) >= 11 is 0. The number of aromatic nitrogens is 4. The molecule has 0 radical (unpaired) electrons. The Morgan fingerprint density at radius 1 is 1.19 bits per heavy atom. The number of halogens is 3. The molecule has 0 saturated carbocycles. The normalized spacial score (nSPS) is 11.1. The second-order valence-electron chi connectivity index (χ2n) is 7.69. The van der Waals surface area contributed by atoms with Crippen molar-refractivity contribution in [1.82, 2.24) is 25.1 Å². The van der Waals surface area contributed by atoms with E-state index in [1.54, 1.807) is 19.5 Å². The molecule has 1 aromatic carbocycles. The van der Waals surface area contributed by atoms with Gasteiger partial charge in [-0.2, -0.15) is 18.3 Å². The van der Waals surface area contributed by atoms with Gasteiger partial charge in [0.15, 0.2) is 0 Å². The summed E-state index contributed by atoms with van der Waals surface area (Å²) in [5.41, 5.74) is 3.80. The van der Waals surface area contributed by atoms with Crippen LogP contribution >= 0.6 is 0 Å². The Kier molecular flexibility index (Phi) is 8.85. The fourth-order valence-electron chi connectivity index (χ4n) is 3.38. The maximum atomic E-state index is 13.0. The maximum Gasteiger partial charge on any atom is 0.490 e. The van der Waals surface area contributed by atoms with Gasteiger partial charge in [0.25, 0.3) is 5.91 Å². The lowest BCUT2D eigenvalue weighted by Gasteiger charge is -2.11. The lowest BCUT2D eigenvalue weighted by Crippen LogP contribution is -2.25. The number of nitrogens with zero attached hydrogens (tertiary/aromatic N) is 3. The molecule has 0 spiro atoms. The summed E-state index contributed by atoms with van der Waals surface area (Å²) in [6.45, 7) is 0.904. The summed E-state index contributed by atoms with van der Waals surface area (Å²) in [6.07, 6.45) is -1.08. The maximum absolute atomic E-state index is 13.0. The molecule has 196 valence electrons. The van der Waals surface area contributed by atoms with Crippen LogP contribution in [-0.4, -0.2) is 61.7 Å². The molecule has 0 aliphatic rings. The first-order valence-electron chi connectivity index (χ1n) is 11.0. The van der Waals surface area contributed by atoms with Crippen LogP contribution in [-0.2, 0) is 17.9 Å². The molecule has 1 amide bonds. The number of aryl methyl sites for hydroxylation is 1. The molecular weight excluding hydrogens is 495 g/mol. The average molecular weight is 519 g/mol. The van der Waals surface area contributed by atoms with Gasteiger partial charge in [-0.1, -0.05) is 12.1 Å². The fourth-order valence-corrected chi connectivity index (χ4v) is 3.38. The van der Waals surface area contributed by atoms with E-state index >= 15 is 0 Å². The predicted octanol–water partition coefficient (Wildman–Crippen LogP) is 3.38. The van der Waals surface area contributed by atoms with E-state index in [9.17, 15) is 23.1 Å². The number of aliphatic hydroxyl groups excluding tert-OH is 1. The Bertz CT molecular complexity index is 1350. The van der Waals surface area contributed by atoms with Crippen molar-refractivity contribution in [2.24, 2.45) is 0 Å². The number of fused-ring (bicyclic) bond motifs is 1. The topological polar surface area (TPSA) is 142 Å². The highest BCUT2D eigenvalue weighted by molar-refractivity contribution is 5.98. The first-order valence-corrected chi connectivity index (χ1v) is 11.0. The molecule has 37 heavy (non-hydrogen) atoms. The molecule has 0 bridgehead atoms. The standard InChI is InChI=1S/C22H23N5O3.C2HF3O2/c1-30-18-5-2-4-15(10-18)12-23-22(29)20-11-16-6-7-19(17-13-24-25-14-17)26-21(16)27(20)8-3-9-28;3-2(4,5)1(6)7/h2,4-7,10-11,13-14,28H,3,8-9,12H2,1H3,(H,23,29)(H,24,25);(H,6,7). The van der Waals surface area contributed by atoms with Crippen LogP contribution in [0, 0.1) is 0 Å². The minimum atomic E-state index is -5.08. The Labute approximate surface area is 208 Å². The number of hydrogen-bond donors (Lipinski definition) is 4. The van der Waals surface area contributed by atoms with Crippen LogP contribution in [0.2, 0.25) is 0 Å². The van der Waals surface area contributed by atoms with Crippen LogP contribution in [0.15, 0.2) is 54.9 Å². The van der Waals surface area contributed by atoms with Crippen molar-refractivity contribution >= 4 is 22.9 Å². The number of ether oxygens (including phenoxy) is 1. The van der Waals surface area contributed by atoms with E-state index in [-0.39, 0.29) is 12.5 Å². The summed E-state index contributed by atoms with van der Waals surface area (Å²) in [6, 6.07) is 13.3. The number of benzene rings is 1. The van der Waals surface area contributed by atoms with Crippen molar-refractivity contribution in [2.75, 3.05) is 13.7 Å². The molecular formula is C24H24F3N5O5. The monoisotopic (exact) mass is 519 g/mol. The zero-order chi connectivity index (χ0) is 27.0. The van der Waals surface area contributed by atoms with Gasteiger partial charge in [-0.3, -0.25) is 9.89 Å². The van der Waals surface area contributed by atoms with E-state index in [1.165, 1.54) is 0 Å². The number of carbonyl (C=O) groups excluding carboxylic acids is 1. The highest BCUT2D eigenvalue weighted by Crippen LogP contribution is 2.24. The average Bonchev–Trinajstić information content (AvgIpc) is 3.54. The molecule has 0 atom stereocenters. The van der Waals surface area contributed by atoms with Crippen molar-refractivity contribution in [3.05, 3.63) is 66.1 Å². The number of aliphatic carboxylic acids is 1. The molecule has 4 N–H and O–H groups in total.